The van der Waals surface area contributed by atoms with Crippen LogP contribution in [0.2, 0.25) is 0 Å². The van der Waals surface area contributed by atoms with Crippen molar-refractivity contribution in [3.63, 3.8) is 0 Å². The number of carbonyl (C=O) groups is 3. The SMILES string of the molecule is CNC(=O)NC(=O)C(OC(=O)c1ccc(F)cc1N)c1ccccc1. The van der Waals surface area contributed by atoms with Crippen LogP contribution in [0, 0.1) is 5.82 Å². The summed E-state index contributed by atoms with van der Waals surface area (Å²) in [6, 6.07) is 10.6. The second kappa shape index (κ2) is 7.91. The third-order valence-electron chi connectivity index (χ3n) is 3.26. The van der Waals surface area contributed by atoms with E-state index < -0.39 is 29.8 Å². The quantitative estimate of drug-likeness (QED) is 0.578. The second-order valence-corrected chi connectivity index (χ2v) is 5.00. The summed E-state index contributed by atoms with van der Waals surface area (Å²) in [7, 11) is 1.34. The van der Waals surface area contributed by atoms with Crippen LogP contribution in [0.1, 0.15) is 22.0 Å². The number of rotatable bonds is 4. The predicted molar refractivity (Wildman–Crippen MR) is 88.0 cm³/mol. The van der Waals surface area contributed by atoms with Crippen molar-refractivity contribution in [2.24, 2.45) is 0 Å². The monoisotopic (exact) mass is 345 g/mol. The predicted octanol–water partition coefficient (Wildman–Crippen LogP) is 1.76. The van der Waals surface area contributed by atoms with E-state index in [-0.39, 0.29) is 11.3 Å². The number of amides is 3. The number of nitrogen functional groups attached to an aromatic ring is 1. The molecule has 0 bridgehead atoms. The lowest BCUT2D eigenvalue weighted by molar-refractivity contribution is -0.129. The van der Waals surface area contributed by atoms with E-state index in [9.17, 15) is 18.8 Å². The van der Waals surface area contributed by atoms with Crippen molar-refractivity contribution < 1.29 is 23.5 Å². The molecular weight excluding hydrogens is 329 g/mol. The number of esters is 1. The number of nitrogens with two attached hydrogens (primary N) is 1. The van der Waals surface area contributed by atoms with Crippen LogP contribution in [0.25, 0.3) is 0 Å². The Labute approximate surface area is 143 Å². The number of hydrogen-bond donors (Lipinski definition) is 3. The largest absolute Gasteiger partial charge is 0.444 e. The number of halogens is 1. The third kappa shape index (κ3) is 4.54. The molecular formula is C17H16FN3O4. The summed E-state index contributed by atoms with van der Waals surface area (Å²) in [6.45, 7) is 0. The minimum absolute atomic E-state index is 0.0879. The van der Waals surface area contributed by atoms with Crippen molar-refractivity contribution in [1.82, 2.24) is 10.6 Å². The van der Waals surface area contributed by atoms with Crippen molar-refractivity contribution in [2.75, 3.05) is 12.8 Å². The number of benzene rings is 2. The molecule has 2 aromatic rings. The fourth-order valence-corrected chi connectivity index (χ4v) is 2.03. The maximum atomic E-state index is 13.1. The first kappa shape index (κ1) is 17.9. The molecule has 0 spiro atoms. The molecule has 0 fully saturated rings. The summed E-state index contributed by atoms with van der Waals surface area (Å²) in [5, 5.41) is 4.28. The summed E-state index contributed by atoms with van der Waals surface area (Å²) >= 11 is 0. The average molecular weight is 345 g/mol. The molecule has 0 aliphatic carbocycles. The standard InChI is InChI=1S/C17H16FN3O4/c1-20-17(24)21-15(22)14(10-5-3-2-4-6-10)25-16(23)12-8-7-11(18)9-13(12)19/h2-9,14H,19H2,1H3,(H2,20,21,22,24). The molecule has 130 valence electrons. The first-order valence-corrected chi connectivity index (χ1v) is 7.26. The molecule has 0 aliphatic rings. The molecule has 0 aromatic heterocycles. The molecule has 2 rings (SSSR count). The van der Waals surface area contributed by atoms with Gasteiger partial charge in [-0.3, -0.25) is 10.1 Å². The van der Waals surface area contributed by atoms with Crippen LogP contribution >= 0.6 is 0 Å². The van der Waals surface area contributed by atoms with Crippen LogP contribution in [-0.4, -0.2) is 25.0 Å². The molecule has 0 radical (unpaired) electrons. The second-order valence-electron chi connectivity index (χ2n) is 5.00. The van der Waals surface area contributed by atoms with E-state index in [1.54, 1.807) is 30.3 Å². The zero-order valence-corrected chi connectivity index (χ0v) is 13.3. The topological polar surface area (TPSA) is 111 Å². The van der Waals surface area contributed by atoms with Crippen LogP contribution in [-0.2, 0) is 9.53 Å². The minimum atomic E-state index is -1.38. The highest BCUT2D eigenvalue weighted by Gasteiger charge is 2.27. The fourth-order valence-electron chi connectivity index (χ4n) is 2.03. The van der Waals surface area contributed by atoms with Gasteiger partial charge in [-0.05, 0) is 18.2 Å². The molecule has 8 heteroatoms. The van der Waals surface area contributed by atoms with Crippen molar-refractivity contribution in [3.8, 4) is 0 Å². The Balaban J connectivity index is 2.28. The van der Waals surface area contributed by atoms with Gasteiger partial charge in [0.2, 0.25) is 6.10 Å². The Morgan fingerprint density at radius 3 is 2.40 bits per heavy atom. The number of carbonyl (C=O) groups excluding carboxylic acids is 3. The normalized spacial score (nSPS) is 11.3. The van der Waals surface area contributed by atoms with Crippen LogP contribution in [0.4, 0.5) is 14.9 Å². The smallest absolute Gasteiger partial charge is 0.341 e. The highest BCUT2D eigenvalue weighted by molar-refractivity contribution is 6.00. The van der Waals surface area contributed by atoms with E-state index in [0.717, 1.165) is 18.2 Å². The van der Waals surface area contributed by atoms with Crippen LogP contribution in [0.3, 0.4) is 0 Å². The summed E-state index contributed by atoms with van der Waals surface area (Å²) in [5.41, 5.74) is 5.76. The maximum Gasteiger partial charge on any atom is 0.341 e. The Bertz CT molecular complexity index is 796. The van der Waals surface area contributed by atoms with Gasteiger partial charge >= 0.3 is 12.0 Å². The number of imide groups is 1. The summed E-state index contributed by atoms with van der Waals surface area (Å²) in [5.74, 6) is -2.36. The van der Waals surface area contributed by atoms with Gasteiger partial charge in [-0.15, -0.1) is 0 Å². The first-order valence-electron chi connectivity index (χ1n) is 7.26. The van der Waals surface area contributed by atoms with E-state index in [1.165, 1.54) is 7.05 Å². The lowest BCUT2D eigenvalue weighted by Gasteiger charge is -2.18. The van der Waals surface area contributed by atoms with Gasteiger partial charge in [0.1, 0.15) is 5.82 Å². The van der Waals surface area contributed by atoms with Gasteiger partial charge in [0.25, 0.3) is 5.91 Å². The average Bonchev–Trinajstić information content (AvgIpc) is 2.59. The van der Waals surface area contributed by atoms with E-state index >= 15 is 0 Å². The van der Waals surface area contributed by atoms with Gasteiger partial charge in [0, 0.05) is 18.3 Å². The van der Waals surface area contributed by atoms with Crippen LogP contribution in [0.5, 0.6) is 0 Å². The molecule has 2 aromatic carbocycles. The van der Waals surface area contributed by atoms with E-state index in [0.29, 0.717) is 5.56 Å². The van der Waals surface area contributed by atoms with Crippen molar-refractivity contribution in [2.45, 2.75) is 6.10 Å². The van der Waals surface area contributed by atoms with Crippen LogP contribution in [0.15, 0.2) is 48.5 Å². The molecule has 3 amide bonds. The highest BCUT2D eigenvalue weighted by atomic mass is 19.1. The van der Waals surface area contributed by atoms with Crippen LogP contribution < -0.4 is 16.4 Å². The molecule has 25 heavy (non-hydrogen) atoms. The molecule has 7 nitrogen and oxygen atoms in total. The molecule has 0 saturated heterocycles. The van der Waals surface area contributed by atoms with Gasteiger partial charge in [0.05, 0.1) is 5.56 Å². The number of ether oxygens (including phenoxy) is 1. The number of anilines is 1. The maximum absolute atomic E-state index is 13.1. The lowest BCUT2D eigenvalue weighted by Crippen LogP contribution is -2.41. The van der Waals surface area contributed by atoms with Gasteiger partial charge < -0.3 is 15.8 Å². The Morgan fingerprint density at radius 2 is 1.80 bits per heavy atom. The summed E-state index contributed by atoms with van der Waals surface area (Å²) < 4.78 is 18.3. The van der Waals surface area contributed by atoms with Crippen molar-refractivity contribution in [3.05, 3.63) is 65.5 Å². The molecule has 1 atom stereocenters. The summed E-state index contributed by atoms with van der Waals surface area (Å²) in [4.78, 5) is 36.0. The van der Waals surface area contributed by atoms with Gasteiger partial charge in [-0.1, -0.05) is 30.3 Å². The van der Waals surface area contributed by atoms with E-state index in [2.05, 4.69) is 10.6 Å². The van der Waals surface area contributed by atoms with Gasteiger partial charge in [-0.2, -0.15) is 0 Å². The van der Waals surface area contributed by atoms with Crippen molar-refractivity contribution >= 4 is 23.6 Å². The number of nitrogens with one attached hydrogen (secondary N) is 2. The first-order chi connectivity index (χ1) is 11.9. The Kier molecular flexibility index (Phi) is 5.67. The number of hydrogen-bond acceptors (Lipinski definition) is 5. The minimum Gasteiger partial charge on any atom is -0.444 e. The number of urea groups is 1. The van der Waals surface area contributed by atoms with E-state index in [1.807, 2.05) is 0 Å². The molecule has 0 aliphatic heterocycles. The zero-order valence-electron chi connectivity index (χ0n) is 13.3. The van der Waals surface area contributed by atoms with Crippen molar-refractivity contribution in [1.29, 1.82) is 0 Å². The Hall–Kier alpha value is -3.42. The molecule has 0 saturated carbocycles. The van der Waals surface area contributed by atoms with Gasteiger partial charge in [-0.25, -0.2) is 14.0 Å². The lowest BCUT2D eigenvalue weighted by atomic mass is 10.1. The zero-order chi connectivity index (χ0) is 18.4. The fraction of sp³-hybridized carbons (Fsp3) is 0.118. The van der Waals surface area contributed by atoms with E-state index in [4.69, 9.17) is 10.5 Å². The molecule has 4 N–H and O–H groups in total. The molecule has 0 heterocycles. The van der Waals surface area contributed by atoms with Gasteiger partial charge in [0.15, 0.2) is 0 Å². The summed E-state index contributed by atoms with van der Waals surface area (Å²) in [6.07, 6.45) is -1.38. The Morgan fingerprint density at radius 1 is 1.12 bits per heavy atom. The molecule has 1 unspecified atom stereocenters. The third-order valence-corrected chi connectivity index (χ3v) is 3.26. The highest BCUT2D eigenvalue weighted by Crippen LogP contribution is 2.22.